The minimum atomic E-state index is -0.263. The van der Waals surface area contributed by atoms with E-state index in [0.29, 0.717) is 0 Å². The summed E-state index contributed by atoms with van der Waals surface area (Å²) < 4.78 is 0. The summed E-state index contributed by atoms with van der Waals surface area (Å²) in [6, 6.07) is 10.2. The van der Waals surface area contributed by atoms with Crippen LogP contribution in [0.15, 0.2) is 42.6 Å². The maximum absolute atomic E-state index is 5.51. The molecule has 2 nitrogen and oxygen atoms in total. The summed E-state index contributed by atoms with van der Waals surface area (Å²) >= 11 is 0. The van der Waals surface area contributed by atoms with Gasteiger partial charge in [0.2, 0.25) is 0 Å². The highest BCUT2D eigenvalue weighted by Crippen LogP contribution is 2.32. The van der Waals surface area contributed by atoms with E-state index in [9.17, 15) is 0 Å². The molecule has 1 heterocycles. The van der Waals surface area contributed by atoms with Crippen LogP contribution in [-0.4, -0.2) is 0 Å². The molecule has 0 radical (unpaired) electrons. The van der Waals surface area contributed by atoms with Gasteiger partial charge in [-0.05, 0) is 18.1 Å². The molecule has 68 valence electrons. The first-order valence-electron chi connectivity index (χ1n) is 4.54. The molecule has 0 amide bonds. The lowest BCUT2D eigenvalue weighted by molar-refractivity contribution is -0.0434. The molecule has 2 heteroatoms. The molecule has 0 aliphatic carbocycles. The Morgan fingerprint density at radius 2 is 2.08 bits per heavy atom. The predicted molar refractivity (Wildman–Crippen MR) is 51.8 cm³/mol. The first-order valence-corrected chi connectivity index (χ1v) is 4.54. The molecule has 0 fully saturated rings. The summed E-state index contributed by atoms with van der Waals surface area (Å²) in [5.74, 6) is 0. The predicted octanol–water partition coefficient (Wildman–Crippen LogP) is 2.34. The Bertz CT molecular complexity index is 307. The molecule has 0 saturated carbocycles. The van der Waals surface area contributed by atoms with E-state index in [1.54, 1.807) is 0 Å². The molecule has 2 rings (SSSR count). The van der Waals surface area contributed by atoms with Gasteiger partial charge in [0.15, 0.2) is 0 Å². The van der Waals surface area contributed by atoms with Crippen LogP contribution < -0.4 is 5.48 Å². The van der Waals surface area contributed by atoms with E-state index in [2.05, 4.69) is 30.6 Å². The summed E-state index contributed by atoms with van der Waals surface area (Å²) in [4.78, 5) is 5.51. The molecule has 0 saturated heterocycles. The van der Waals surface area contributed by atoms with Crippen molar-refractivity contribution >= 4 is 0 Å². The third kappa shape index (κ3) is 1.33. The minimum absolute atomic E-state index is 0.263. The quantitative estimate of drug-likeness (QED) is 0.745. The van der Waals surface area contributed by atoms with Crippen LogP contribution in [0.3, 0.4) is 0 Å². The molecular formula is C11H13NO. The largest absolute Gasteiger partial charge is 0.273 e. The maximum Gasteiger partial charge on any atom is 0.140 e. The second kappa shape index (κ2) is 3.23. The van der Waals surface area contributed by atoms with Gasteiger partial charge in [-0.3, -0.25) is 10.3 Å². The van der Waals surface area contributed by atoms with Gasteiger partial charge in [-0.25, -0.2) is 0 Å². The number of rotatable bonds is 2. The molecule has 1 unspecified atom stereocenters. The SMILES string of the molecule is CCC1(c2ccccc2)C=CNO1. The van der Waals surface area contributed by atoms with Gasteiger partial charge >= 0.3 is 0 Å². The molecule has 1 atom stereocenters. The second-order valence-corrected chi connectivity index (χ2v) is 3.16. The van der Waals surface area contributed by atoms with Crippen molar-refractivity contribution < 1.29 is 4.84 Å². The van der Waals surface area contributed by atoms with E-state index in [1.165, 1.54) is 5.56 Å². The number of hydroxylamine groups is 1. The molecular weight excluding hydrogens is 162 g/mol. The van der Waals surface area contributed by atoms with Crippen molar-refractivity contribution in [2.24, 2.45) is 0 Å². The number of hydrogen-bond acceptors (Lipinski definition) is 2. The summed E-state index contributed by atoms with van der Waals surface area (Å²) in [5, 5.41) is 0. The van der Waals surface area contributed by atoms with Crippen LogP contribution in [0.4, 0.5) is 0 Å². The van der Waals surface area contributed by atoms with Crippen molar-refractivity contribution in [1.82, 2.24) is 5.48 Å². The fourth-order valence-corrected chi connectivity index (χ4v) is 1.61. The van der Waals surface area contributed by atoms with Crippen molar-refractivity contribution in [3.63, 3.8) is 0 Å². The van der Waals surface area contributed by atoms with Gasteiger partial charge in [-0.15, -0.1) is 0 Å². The lowest BCUT2D eigenvalue weighted by Crippen LogP contribution is -2.25. The van der Waals surface area contributed by atoms with Gasteiger partial charge in [0.1, 0.15) is 5.60 Å². The van der Waals surface area contributed by atoms with E-state index in [1.807, 2.05) is 24.4 Å². The van der Waals surface area contributed by atoms with Crippen LogP contribution in [0.25, 0.3) is 0 Å². The third-order valence-corrected chi connectivity index (χ3v) is 2.45. The van der Waals surface area contributed by atoms with Crippen molar-refractivity contribution in [3.05, 3.63) is 48.2 Å². The average molecular weight is 175 g/mol. The standard InChI is InChI=1S/C11H13NO/c1-2-11(8-9-12-13-11)10-6-4-3-5-7-10/h3-9,12H,2H2,1H3. The van der Waals surface area contributed by atoms with Gasteiger partial charge in [0, 0.05) is 6.20 Å². The average Bonchev–Trinajstić information content (AvgIpc) is 2.69. The maximum atomic E-state index is 5.51. The van der Waals surface area contributed by atoms with Crippen LogP contribution in [0.5, 0.6) is 0 Å². The Kier molecular flexibility index (Phi) is 2.07. The molecule has 1 N–H and O–H groups in total. The normalized spacial score (nSPS) is 25.9. The summed E-state index contributed by atoms with van der Waals surface area (Å²) in [7, 11) is 0. The van der Waals surface area contributed by atoms with Gasteiger partial charge in [0.25, 0.3) is 0 Å². The molecule has 1 aromatic carbocycles. The van der Waals surface area contributed by atoms with Gasteiger partial charge in [-0.2, -0.15) is 0 Å². The van der Waals surface area contributed by atoms with E-state index in [0.717, 1.165) is 6.42 Å². The smallest absolute Gasteiger partial charge is 0.140 e. The number of nitrogens with one attached hydrogen (secondary N) is 1. The highest BCUT2D eigenvalue weighted by Gasteiger charge is 2.31. The fourth-order valence-electron chi connectivity index (χ4n) is 1.61. The Morgan fingerprint density at radius 1 is 1.31 bits per heavy atom. The molecule has 1 aliphatic heterocycles. The van der Waals surface area contributed by atoms with Crippen molar-refractivity contribution in [3.8, 4) is 0 Å². The van der Waals surface area contributed by atoms with E-state index in [-0.39, 0.29) is 5.60 Å². The Hall–Kier alpha value is -1.28. The lowest BCUT2D eigenvalue weighted by atomic mass is 9.91. The van der Waals surface area contributed by atoms with Crippen LogP contribution in [0.1, 0.15) is 18.9 Å². The molecule has 1 aliphatic rings. The topological polar surface area (TPSA) is 21.3 Å². The van der Waals surface area contributed by atoms with Crippen molar-refractivity contribution in [1.29, 1.82) is 0 Å². The zero-order chi connectivity index (χ0) is 9.15. The van der Waals surface area contributed by atoms with Crippen LogP contribution >= 0.6 is 0 Å². The molecule has 13 heavy (non-hydrogen) atoms. The number of hydrogen-bond donors (Lipinski definition) is 1. The second-order valence-electron chi connectivity index (χ2n) is 3.16. The van der Waals surface area contributed by atoms with Crippen LogP contribution in [-0.2, 0) is 10.4 Å². The van der Waals surface area contributed by atoms with E-state index < -0.39 is 0 Å². The van der Waals surface area contributed by atoms with Crippen molar-refractivity contribution in [2.45, 2.75) is 18.9 Å². The fraction of sp³-hybridized carbons (Fsp3) is 0.273. The zero-order valence-electron chi connectivity index (χ0n) is 7.66. The van der Waals surface area contributed by atoms with Crippen LogP contribution in [0, 0.1) is 0 Å². The first kappa shape index (κ1) is 8.32. The highest BCUT2D eigenvalue weighted by atomic mass is 16.7. The lowest BCUT2D eigenvalue weighted by Gasteiger charge is -2.24. The monoisotopic (exact) mass is 175 g/mol. The number of benzene rings is 1. The molecule has 0 aromatic heterocycles. The van der Waals surface area contributed by atoms with Crippen molar-refractivity contribution in [2.75, 3.05) is 0 Å². The van der Waals surface area contributed by atoms with Gasteiger partial charge < -0.3 is 0 Å². The molecule has 0 bridgehead atoms. The Morgan fingerprint density at radius 3 is 2.62 bits per heavy atom. The molecule has 1 aromatic rings. The summed E-state index contributed by atoms with van der Waals surface area (Å²) in [5.41, 5.74) is 3.71. The highest BCUT2D eigenvalue weighted by molar-refractivity contribution is 5.28. The summed E-state index contributed by atoms with van der Waals surface area (Å²) in [6.07, 6.45) is 4.83. The Labute approximate surface area is 78.2 Å². The van der Waals surface area contributed by atoms with E-state index in [4.69, 9.17) is 4.84 Å². The van der Waals surface area contributed by atoms with Gasteiger partial charge in [0.05, 0.1) is 0 Å². The van der Waals surface area contributed by atoms with E-state index >= 15 is 0 Å². The Balaban J connectivity index is 2.37. The van der Waals surface area contributed by atoms with Crippen LogP contribution in [0.2, 0.25) is 0 Å². The minimum Gasteiger partial charge on any atom is -0.273 e. The third-order valence-electron chi connectivity index (χ3n) is 2.45. The zero-order valence-corrected chi connectivity index (χ0v) is 7.66. The summed E-state index contributed by atoms with van der Waals surface area (Å²) in [6.45, 7) is 2.12. The molecule has 0 spiro atoms. The van der Waals surface area contributed by atoms with Gasteiger partial charge in [-0.1, -0.05) is 37.3 Å². The first-order chi connectivity index (χ1) is 6.37.